The van der Waals surface area contributed by atoms with Gasteiger partial charge in [0.2, 0.25) is 0 Å². The van der Waals surface area contributed by atoms with Gasteiger partial charge < -0.3 is 10.0 Å². The van der Waals surface area contributed by atoms with E-state index in [-0.39, 0.29) is 5.92 Å². The van der Waals surface area contributed by atoms with Gasteiger partial charge in [-0.2, -0.15) is 0 Å². The SMILES string of the molecule is O=C(O)C(CCN1CCCC1)c1ccc(Br)s1. The van der Waals surface area contributed by atoms with E-state index in [2.05, 4.69) is 20.8 Å². The molecule has 1 N–H and O–H groups in total. The highest BCUT2D eigenvalue weighted by Gasteiger charge is 2.23. The van der Waals surface area contributed by atoms with Crippen LogP contribution in [0.4, 0.5) is 0 Å². The van der Waals surface area contributed by atoms with Crippen molar-refractivity contribution < 1.29 is 9.90 Å². The molecule has 1 unspecified atom stereocenters. The predicted octanol–water partition coefficient (Wildman–Crippen LogP) is 3.16. The average molecular weight is 318 g/mol. The molecule has 5 heteroatoms. The van der Waals surface area contributed by atoms with E-state index < -0.39 is 5.97 Å². The van der Waals surface area contributed by atoms with E-state index in [1.807, 2.05) is 12.1 Å². The zero-order valence-electron chi connectivity index (χ0n) is 9.56. The van der Waals surface area contributed by atoms with Crippen molar-refractivity contribution in [3.05, 3.63) is 20.8 Å². The maximum absolute atomic E-state index is 11.3. The molecule has 94 valence electrons. The monoisotopic (exact) mass is 317 g/mol. The molecule has 1 saturated heterocycles. The van der Waals surface area contributed by atoms with Crippen molar-refractivity contribution in [1.82, 2.24) is 4.90 Å². The lowest BCUT2D eigenvalue weighted by Gasteiger charge is -2.17. The number of hydrogen-bond donors (Lipinski definition) is 1. The molecule has 0 spiro atoms. The van der Waals surface area contributed by atoms with E-state index in [4.69, 9.17) is 0 Å². The van der Waals surface area contributed by atoms with Crippen molar-refractivity contribution in [2.75, 3.05) is 19.6 Å². The summed E-state index contributed by atoms with van der Waals surface area (Å²) in [5.74, 6) is -1.06. The van der Waals surface area contributed by atoms with Gasteiger partial charge in [0.1, 0.15) is 0 Å². The van der Waals surface area contributed by atoms with Crippen LogP contribution < -0.4 is 0 Å². The largest absolute Gasteiger partial charge is 0.481 e. The molecule has 2 rings (SSSR count). The first-order valence-electron chi connectivity index (χ1n) is 5.87. The lowest BCUT2D eigenvalue weighted by atomic mass is 10.0. The van der Waals surface area contributed by atoms with Gasteiger partial charge in [-0.3, -0.25) is 4.79 Å². The minimum Gasteiger partial charge on any atom is -0.481 e. The van der Waals surface area contributed by atoms with Gasteiger partial charge in [-0.05, 0) is 67.0 Å². The maximum atomic E-state index is 11.3. The van der Waals surface area contributed by atoms with E-state index in [1.165, 1.54) is 24.2 Å². The topological polar surface area (TPSA) is 40.5 Å². The van der Waals surface area contributed by atoms with E-state index >= 15 is 0 Å². The number of carbonyl (C=O) groups is 1. The predicted molar refractivity (Wildman–Crippen MR) is 72.7 cm³/mol. The number of nitrogens with zero attached hydrogens (tertiary/aromatic N) is 1. The fourth-order valence-corrected chi connectivity index (χ4v) is 3.77. The van der Waals surface area contributed by atoms with Gasteiger partial charge in [-0.25, -0.2) is 0 Å². The zero-order valence-corrected chi connectivity index (χ0v) is 12.0. The summed E-state index contributed by atoms with van der Waals surface area (Å²) in [6.45, 7) is 3.15. The van der Waals surface area contributed by atoms with E-state index in [9.17, 15) is 9.90 Å². The highest BCUT2D eigenvalue weighted by molar-refractivity contribution is 9.11. The summed E-state index contributed by atoms with van der Waals surface area (Å²) in [6.07, 6.45) is 3.22. The molecule has 0 amide bonds. The molecule has 0 radical (unpaired) electrons. The van der Waals surface area contributed by atoms with Crippen molar-refractivity contribution >= 4 is 33.2 Å². The Morgan fingerprint density at radius 1 is 1.47 bits per heavy atom. The van der Waals surface area contributed by atoms with Crippen LogP contribution in [-0.4, -0.2) is 35.6 Å². The Morgan fingerprint density at radius 3 is 2.71 bits per heavy atom. The first kappa shape index (κ1) is 13.1. The summed E-state index contributed by atoms with van der Waals surface area (Å²) >= 11 is 4.91. The molecule has 1 aromatic heterocycles. The van der Waals surface area contributed by atoms with Crippen molar-refractivity contribution in [2.24, 2.45) is 0 Å². The summed E-state index contributed by atoms with van der Waals surface area (Å²) in [5, 5.41) is 9.28. The standard InChI is InChI=1S/C12H16BrNO2S/c13-11-4-3-10(17-11)9(12(15)16)5-8-14-6-1-2-7-14/h3-4,9H,1-2,5-8H2,(H,15,16). The Hall–Kier alpha value is -0.390. The van der Waals surface area contributed by atoms with Gasteiger partial charge in [0, 0.05) is 4.88 Å². The number of rotatable bonds is 5. The summed E-state index contributed by atoms with van der Waals surface area (Å²) < 4.78 is 1.000. The van der Waals surface area contributed by atoms with Crippen LogP contribution in [0.2, 0.25) is 0 Å². The molecule has 2 heterocycles. The van der Waals surface area contributed by atoms with E-state index in [0.29, 0.717) is 6.42 Å². The third kappa shape index (κ3) is 3.53. The Labute approximate surface area is 114 Å². The fourth-order valence-electron chi connectivity index (χ4n) is 2.22. The normalized spacial score (nSPS) is 18.4. The summed E-state index contributed by atoms with van der Waals surface area (Å²) in [7, 11) is 0. The van der Waals surface area contributed by atoms with Gasteiger partial charge in [0.25, 0.3) is 0 Å². The molecule has 1 aliphatic heterocycles. The molecule has 1 fully saturated rings. The highest BCUT2D eigenvalue weighted by atomic mass is 79.9. The molecule has 0 aromatic carbocycles. The Bertz CT molecular complexity index is 388. The smallest absolute Gasteiger partial charge is 0.311 e. The highest BCUT2D eigenvalue weighted by Crippen LogP contribution is 2.31. The number of likely N-dealkylation sites (tertiary alicyclic amines) is 1. The molecule has 1 aliphatic rings. The Morgan fingerprint density at radius 2 is 2.18 bits per heavy atom. The third-order valence-corrected chi connectivity index (χ3v) is 4.91. The number of aliphatic carboxylic acids is 1. The van der Waals surface area contributed by atoms with E-state index in [1.54, 1.807) is 0 Å². The molecule has 0 saturated carbocycles. The van der Waals surface area contributed by atoms with Crippen LogP contribution in [-0.2, 0) is 4.79 Å². The van der Waals surface area contributed by atoms with Gasteiger partial charge in [-0.1, -0.05) is 0 Å². The van der Waals surface area contributed by atoms with E-state index in [0.717, 1.165) is 28.3 Å². The number of carboxylic acid groups (broad SMARTS) is 1. The van der Waals surface area contributed by atoms with Gasteiger partial charge in [0.05, 0.1) is 9.70 Å². The number of carboxylic acids is 1. The molecular formula is C12H16BrNO2S. The minimum absolute atomic E-state index is 0.355. The molecule has 3 nitrogen and oxygen atoms in total. The van der Waals surface area contributed by atoms with Crippen LogP contribution in [0.5, 0.6) is 0 Å². The summed E-state index contributed by atoms with van der Waals surface area (Å²) in [4.78, 5) is 14.6. The Balaban J connectivity index is 1.95. The second-order valence-corrected chi connectivity index (χ2v) is 6.86. The number of halogens is 1. The van der Waals surface area contributed by atoms with Crippen molar-refractivity contribution in [3.8, 4) is 0 Å². The molecule has 0 bridgehead atoms. The second-order valence-electron chi connectivity index (χ2n) is 4.37. The van der Waals surface area contributed by atoms with Crippen molar-refractivity contribution in [3.63, 3.8) is 0 Å². The minimum atomic E-state index is -0.710. The quantitative estimate of drug-likeness (QED) is 0.906. The molecule has 1 aromatic rings. The van der Waals surface area contributed by atoms with Gasteiger partial charge >= 0.3 is 5.97 Å². The van der Waals surface area contributed by atoms with Crippen LogP contribution >= 0.6 is 27.3 Å². The van der Waals surface area contributed by atoms with Gasteiger partial charge in [0.15, 0.2) is 0 Å². The molecule has 17 heavy (non-hydrogen) atoms. The molecule has 0 aliphatic carbocycles. The number of hydrogen-bond acceptors (Lipinski definition) is 3. The lowest BCUT2D eigenvalue weighted by molar-refractivity contribution is -0.139. The first-order chi connectivity index (χ1) is 8.16. The van der Waals surface area contributed by atoms with Crippen molar-refractivity contribution in [2.45, 2.75) is 25.2 Å². The van der Waals surface area contributed by atoms with Crippen LogP contribution in [0.3, 0.4) is 0 Å². The van der Waals surface area contributed by atoms with Crippen LogP contribution in [0.25, 0.3) is 0 Å². The summed E-state index contributed by atoms with van der Waals surface area (Å²) in [6, 6.07) is 3.84. The van der Waals surface area contributed by atoms with Crippen LogP contribution in [0, 0.1) is 0 Å². The molecule has 1 atom stereocenters. The summed E-state index contributed by atoms with van der Waals surface area (Å²) in [5.41, 5.74) is 0. The average Bonchev–Trinajstić information content (AvgIpc) is 2.90. The van der Waals surface area contributed by atoms with Crippen molar-refractivity contribution in [1.29, 1.82) is 0 Å². The lowest BCUT2D eigenvalue weighted by Crippen LogP contribution is -2.24. The fraction of sp³-hybridized carbons (Fsp3) is 0.583. The second kappa shape index (κ2) is 5.98. The van der Waals surface area contributed by atoms with Crippen LogP contribution in [0.15, 0.2) is 15.9 Å². The third-order valence-electron chi connectivity index (χ3n) is 3.17. The molecular weight excluding hydrogens is 302 g/mol. The van der Waals surface area contributed by atoms with Gasteiger partial charge in [-0.15, -0.1) is 11.3 Å². The number of thiophene rings is 1. The maximum Gasteiger partial charge on any atom is 0.311 e. The van der Waals surface area contributed by atoms with Crippen LogP contribution in [0.1, 0.15) is 30.1 Å². The zero-order chi connectivity index (χ0) is 12.3. The Kier molecular flexibility index (Phi) is 4.59. The first-order valence-corrected chi connectivity index (χ1v) is 7.48.